The molecule has 1 aromatic rings. The maximum Gasteiger partial charge on any atom is 0.331 e. The van der Waals surface area contributed by atoms with E-state index in [9.17, 15) is 9.59 Å². The highest BCUT2D eigenvalue weighted by molar-refractivity contribution is 5.05. The minimum Gasteiger partial charge on any atom is -0.472 e. The lowest BCUT2D eigenvalue weighted by molar-refractivity contribution is -0.180. The Bertz CT molecular complexity index is 671. The van der Waals surface area contributed by atoms with Gasteiger partial charge in [-0.05, 0) is 26.2 Å². The lowest BCUT2D eigenvalue weighted by atomic mass is 10.2. The second-order valence-electron chi connectivity index (χ2n) is 5.67. The van der Waals surface area contributed by atoms with Crippen molar-refractivity contribution in [3.05, 3.63) is 44.9 Å². The molecule has 1 aromatic heterocycles. The number of nitrogens with zero attached hydrogens (tertiary/aromatic N) is 1. The normalized spacial score (nSPS) is 28.6. The van der Waals surface area contributed by atoms with Gasteiger partial charge >= 0.3 is 5.69 Å². The van der Waals surface area contributed by atoms with Gasteiger partial charge in [-0.2, -0.15) is 0 Å². The molecule has 1 N–H and O–H groups in total. The summed E-state index contributed by atoms with van der Waals surface area (Å²) in [6.45, 7) is 6.20. The van der Waals surface area contributed by atoms with Gasteiger partial charge in [0.05, 0.1) is 0 Å². The Labute approximate surface area is 127 Å². The van der Waals surface area contributed by atoms with Crippen molar-refractivity contribution in [2.75, 3.05) is 6.61 Å². The molecule has 120 valence electrons. The maximum absolute atomic E-state index is 11.9. The number of aromatic amines is 1. The summed E-state index contributed by atoms with van der Waals surface area (Å²) in [5.41, 5.74) is -0.432. The fraction of sp³-hybridized carbons (Fsp3) is 0.600. The van der Waals surface area contributed by atoms with Crippen molar-refractivity contribution in [1.29, 1.82) is 0 Å². The molecule has 0 bridgehead atoms. The molecule has 0 aromatic carbocycles. The molecule has 3 atom stereocenters. The van der Waals surface area contributed by atoms with Crippen molar-refractivity contribution in [3.63, 3.8) is 0 Å². The Morgan fingerprint density at radius 3 is 2.95 bits per heavy atom. The van der Waals surface area contributed by atoms with Crippen LogP contribution in [-0.2, 0) is 14.2 Å². The molecular weight excluding hydrogens is 288 g/mol. The molecule has 2 aliphatic rings. The van der Waals surface area contributed by atoms with Crippen LogP contribution < -0.4 is 11.2 Å². The zero-order valence-electron chi connectivity index (χ0n) is 12.5. The zero-order valence-corrected chi connectivity index (χ0v) is 12.5. The number of hydrogen-bond acceptors (Lipinski definition) is 5. The van der Waals surface area contributed by atoms with Gasteiger partial charge in [0.15, 0.2) is 12.5 Å². The largest absolute Gasteiger partial charge is 0.472 e. The van der Waals surface area contributed by atoms with Crippen LogP contribution in [0.15, 0.2) is 28.1 Å². The second-order valence-corrected chi connectivity index (χ2v) is 5.67. The first-order valence-corrected chi connectivity index (χ1v) is 7.49. The molecular formula is C15H20N2O5. The van der Waals surface area contributed by atoms with E-state index in [1.54, 1.807) is 6.92 Å². The van der Waals surface area contributed by atoms with E-state index in [1.165, 1.54) is 10.8 Å². The Hall–Kier alpha value is -1.86. The van der Waals surface area contributed by atoms with Crippen molar-refractivity contribution in [3.8, 4) is 0 Å². The summed E-state index contributed by atoms with van der Waals surface area (Å²) in [5.74, 6) is 0.481. The van der Waals surface area contributed by atoms with Crippen LogP contribution in [-0.4, -0.2) is 28.6 Å². The highest BCUT2D eigenvalue weighted by Crippen LogP contribution is 2.33. The Balaban J connectivity index is 1.72. The van der Waals surface area contributed by atoms with Gasteiger partial charge in [0.2, 0.25) is 0 Å². The highest BCUT2D eigenvalue weighted by atomic mass is 16.7. The maximum atomic E-state index is 11.9. The molecule has 3 heterocycles. The van der Waals surface area contributed by atoms with E-state index >= 15 is 0 Å². The molecule has 0 spiro atoms. The van der Waals surface area contributed by atoms with Gasteiger partial charge in [-0.25, -0.2) is 4.79 Å². The quantitative estimate of drug-likeness (QED) is 0.907. The molecule has 7 heteroatoms. The molecule has 3 rings (SSSR count). The average Bonchev–Trinajstić information content (AvgIpc) is 2.85. The van der Waals surface area contributed by atoms with Crippen molar-refractivity contribution in [2.45, 2.75) is 51.2 Å². The van der Waals surface area contributed by atoms with Crippen LogP contribution in [0.4, 0.5) is 0 Å². The molecule has 7 nitrogen and oxygen atoms in total. The third-order valence-corrected chi connectivity index (χ3v) is 3.97. The van der Waals surface area contributed by atoms with E-state index in [4.69, 9.17) is 14.2 Å². The monoisotopic (exact) mass is 308 g/mol. The van der Waals surface area contributed by atoms with Crippen LogP contribution in [0.3, 0.4) is 0 Å². The summed E-state index contributed by atoms with van der Waals surface area (Å²) in [4.78, 5) is 25.6. The first-order valence-electron chi connectivity index (χ1n) is 7.49. The first kappa shape index (κ1) is 15.1. The minimum absolute atomic E-state index is 0.244. The third kappa shape index (κ3) is 3.00. The summed E-state index contributed by atoms with van der Waals surface area (Å²) >= 11 is 0. The zero-order chi connectivity index (χ0) is 15.7. The number of H-pyrrole nitrogens is 1. The van der Waals surface area contributed by atoms with Crippen LogP contribution in [0.5, 0.6) is 0 Å². The number of nitrogens with one attached hydrogen (secondary N) is 1. The summed E-state index contributed by atoms with van der Waals surface area (Å²) in [7, 11) is 0. The molecule has 2 aliphatic heterocycles. The van der Waals surface area contributed by atoms with Crippen molar-refractivity contribution in [2.24, 2.45) is 0 Å². The van der Waals surface area contributed by atoms with Gasteiger partial charge in [0.25, 0.3) is 5.56 Å². The average molecular weight is 308 g/mol. The minimum atomic E-state index is -0.524. The summed E-state index contributed by atoms with van der Waals surface area (Å²) in [5, 5.41) is 0. The first-order chi connectivity index (χ1) is 10.5. The number of rotatable bonds is 3. The lowest BCUT2D eigenvalue weighted by Crippen LogP contribution is -2.33. The third-order valence-electron chi connectivity index (χ3n) is 3.97. The Morgan fingerprint density at radius 1 is 1.41 bits per heavy atom. The number of hydrogen-bond donors (Lipinski definition) is 1. The molecule has 2 fully saturated rings. The van der Waals surface area contributed by atoms with Gasteiger partial charge in [0, 0.05) is 24.8 Å². The fourth-order valence-corrected chi connectivity index (χ4v) is 2.72. The van der Waals surface area contributed by atoms with Gasteiger partial charge in [-0.3, -0.25) is 14.3 Å². The van der Waals surface area contributed by atoms with Crippen molar-refractivity contribution < 1.29 is 14.2 Å². The Kier molecular flexibility index (Phi) is 4.17. The number of aromatic nitrogens is 2. The molecule has 0 aliphatic carbocycles. The molecule has 0 radical (unpaired) electrons. The van der Waals surface area contributed by atoms with E-state index < -0.39 is 11.9 Å². The van der Waals surface area contributed by atoms with E-state index in [0.29, 0.717) is 24.4 Å². The SMILES string of the molecule is C=C1O[C@@H](n2cc(C)c(=O)[nH]c2=O)C[C@H]1OC1CCCCO1. The number of ether oxygens (including phenoxy) is 3. The number of aryl methyl sites for hydroxylation is 1. The fourth-order valence-electron chi connectivity index (χ4n) is 2.72. The van der Waals surface area contributed by atoms with Gasteiger partial charge in [-0.15, -0.1) is 0 Å². The van der Waals surface area contributed by atoms with Gasteiger partial charge < -0.3 is 14.2 Å². The molecule has 1 unspecified atom stereocenters. The predicted octanol–water partition coefficient (Wildman–Crippen LogP) is 1.19. The van der Waals surface area contributed by atoms with E-state index in [2.05, 4.69) is 11.6 Å². The van der Waals surface area contributed by atoms with Crippen molar-refractivity contribution in [1.82, 2.24) is 9.55 Å². The van der Waals surface area contributed by atoms with E-state index in [1.807, 2.05) is 0 Å². The second kappa shape index (κ2) is 6.10. The molecule has 0 amide bonds. The summed E-state index contributed by atoms with van der Waals surface area (Å²) in [6.07, 6.45) is 3.86. The van der Waals surface area contributed by atoms with Crippen LogP contribution in [0.1, 0.15) is 37.5 Å². The topological polar surface area (TPSA) is 82.6 Å². The standard InChI is InChI=1S/C15H20N2O5/c1-9-8-17(15(19)16-14(9)18)12-7-11(10(2)21-12)22-13-5-3-4-6-20-13/h8,11-13H,2-7H2,1H3,(H,16,18,19)/t11-,12-,13?/m1/s1. The summed E-state index contributed by atoms with van der Waals surface area (Å²) in [6, 6.07) is 0. The molecule has 22 heavy (non-hydrogen) atoms. The smallest absolute Gasteiger partial charge is 0.331 e. The summed E-state index contributed by atoms with van der Waals surface area (Å²) < 4.78 is 18.4. The van der Waals surface area contributed by atoms with Crippen molar-refractivity contribution >= 4 is 0 Å². The van der Waals surface area contributed by atoms with Crippen LogP contribution in [0.25, 0.3) is 0 Å². The van der Waals surface area contributed by atoms with E-state index in [-0.39, 0.29) is 18.0 Å². The Morgan fingerprint density at radius 2 is 2.23 bits per heavy atom. The van der Waals surface area contributed by atoms with Gasteiger partial charge in [-0.1, -0.05) is 6.58 Å². The van der Waals surface area contributed by atoms with Gasteiger partial charge in [0.1, 0.15) is 11.9 Å². The lowest BCUT2D eigenvalue weighted by Gasteiger charge is -2.25. The van der Waals surface area contributed by atoms with Crippen LogP contribution in [0, 0.1) is 6.92 Å². The molecule has 0 saturated carbocycles. The highest BCUT2D eigenvalue weighted by Gasteiger charge is 2.34. The van der Waals surface area contributed by atoms with Crippen LogP contribution in [0.2, 0.25) is 0 Å². The predicted molar refractivity (Wildman–Crippen MR) is 78.4 cm³/mol. The van der Waals surface area contributed by atoms with E-state index in [0.717, 1.165) is 19.3 Å². The van der Waals surface area contributed by atoms with Crippen LogP contribution >= 0.6 is 0 Å². The molecule has 2 saturated heterocycles.